The van der Waals surface area contributed by atoms with Crippen molar-refractivity contribution in [3.8, 4) is 0 Å². The molecule has 1 amide bonds. The van der Waals surface area contributed by atoms with E-state index in [0.717, 1.165) is 0 Å². The summed E-state index contributed by atoms with van der Waals surface area (Å²) in [7, 11) is 0. The molecule has 0 rings (SSSR count). The van der Waals surface area contributed by atoms with Crippen LogP contribution >= 0.6 is 0 Å². The largest absolute Gasteiger partial charge is 0.390 e. The van der Waals surface area contributed by atoms with E-state index in [9.17, 15) is 18.0 Å². The van der Waals surface area contributed by atoms with Gasteiger partial charge in [-0.25, -0.2) is 0 Å². The molecule has 0 aliphatic rings. The average molecular weight is 240 g/mol. The van der Waals surface area contributed by atoms with Crippen LogP contribution in [0.1, 0.15) is 34.1 Å². The summed E-state index contributed by atoms with van der Waals surface area (Å²) >= 11 is 0. The summed E-state index contributed by atoms with van der Waals surface area (Å²) in [6, 6.07) is 0. The number of carbonyl (C=O) groups is 1. The Hall–Kier alpha value is -0.780. The zero-order chi connectivity index (χ0) is 13.2. The Kier molecular flexibility index (Phi) is 4.38. The van der Waals surface area contributed by atoms with Gasteiger partial charge in [0.1, 0.15) is 0 Å². The van der Waals surface area contributed by atoms with Gasteiger partial charge < -0.3 is 11.1 Å². The van der Waals surface area contributed by atoms with Gasteiger partial charge in [-0.2, -0.15) is 13.2 Å². The third-order valence-corrected chi connectivity index (χ3v) is 2.87. The fraction of sp³-hybridized carbons (Fsp3) is 0.900. The van der Waals surface area contributed by atoms with Gasteiger partial charge in [0.15, 0.2) is 0 Å². The van der Waals surface area contributed by atoms with E-state index >= 15 is 0 Å². The first kappa shape index (κ1) is 15.2. The van der Waals surface area contributed by atoms with Gasteiger partial charge in [0, 0.05) is 12.1 Å². The van der Waals surface area contributed by atoms with E-state index in [4.69, 9.17) is 5.73 Å². The summed E-state index contributed by atoms with van der Waals surface area (Å²) in [5, 5.41) is 2.25. The molecular weight excluding hydrogens is 221 g/mol. The first-order valence-corrected chi connectivity index (χ1v) is 5.02. The highest BCUT2D eigenvalue weighted by molar-refractivity contribution is 5.83. The third-order valence-electron chi connectivity index (χ3n) is 2.87. The second kappa shape index (κ2) is 4.61. The molecule has 0 atom stereocenters. The number of amides is 1. The predicted molar refractivity (Wildman–Crippen MR) is 55.7 cm³/mol. The van der Waals surface area contributed by atoms with Crippen LogP contribution in [-0.2, 0) is 4.79 Å². The SMILES string of the molecule is CC(C)(N)C(C)(C)C(=O)NCCC(F)(F)F. The first-order chi connectivity index (χ1) is 6.88. The molecule has 0 saturated heterocycles. The number of halogens is 3. The smallest absolute Gasteiger partial charge is 0.355 e. The van der Waals surface area contributed by atoms with Crippen LogP contribution in [0.5, 0.6) is 0 Å². The van der Waals surface area contributed by atoms with E-state index in [1.807, 2.05) is 0 Å². The van der Waals surface area contributed by atoms with Crippen molar-refractivity contribution >= 4 is 5.91 Å². The van der Waals surface area contributed by atoms with E-state index in [1.54, 1.807) is 27.7 Å². The monoisotopic (exact) mass is 240 g/mol. The highest BCUT2D eigenvalue weighted by atomic mass is 19.4. The number of nitrogens with two attached hydrogens (primary N) is 1. The Balaban J connectivity index is 4.28. The minimum absolute atomic E-state index is 0.415. The highest BCUT2D eigenvalue weighted by Gasteiger charge is 2.40. The summed E-state index contributed by atoms with van der Waals surface area (Å²) < 4.78 is 35.6. The fourth-order valence-electron chi connectivity index (χ4n) is 0.831. The van der Waals surface area contributed by atoms with Crippen LogP contribution < -0.4 is 11.1 Å². The van der Waals surface area contributed by atoms with Gasteiger partial charge in [-0.3, -0.25) is 4.79 Å². The summed E-state index contributed by atoms with van der Waals surface area (Å²) in [4.78, 5) is 11.6. The fourth-order valence-corrected chi connectivity index (χ4v) is 0.831. The Labute approximate surface area is 93.6 Å². The molecule has 0 aromatic rings. The maximum atomic E-state index is 11.9. The van der Waals surface area contributed by atoms with Gasteiger partial charge >= 0.3 is 6.18 Å². The van der Waals surface area contributed by atoms with Gasteiger partial charge in [0.25, 0.3) is 0 Å². The van der Waals surface area contributed by atoms with E-state index in [0.29, 0.717) is 0 Å². The standard InChI is InChI=1S/C10H19F3N2O/c1-8(2,9(3,4)14)7(16)15-6-5-10(11,12)13/h5-6,14H2,1-4H3,(H,15,16). The molecule has 0 aliphatic carbocycles. The van der Waals surface area contributed by atoms with Crippen LogP contribution in [0.3, 0.4) is 0 Å². The van der Waals surface area contributed by atoms with E-state index in [-0.39, 0.29) is 0 Å². The Bertz CT molecular complexity index is 254. The van der Waals surface area contributed by atoms with Gasteiger partial charge in [0.05, 0.1) is 11.8 Å². The Morgan fingerprint density at radius 1 is 1.19 bits per heavy atom. The molecule has 3 nitrogen and oxygen atoms in total. The summed E-state index contributed by atoms with van der Waals surface area (Å²) in [6.45, 7) is 6.13. The third kappa shape index (κ3) is 4.38. The van der Waals surface area contributed by atoms with Gasteiger partial charge in [0.2, 0.25) is 5.91 Å². The van der Waals surface area contributed by atoms with Crippen LogP contribution in [0.15, 0.2) is 0 Å². The van der Waals surface area contributed by atoms with Gasteiger partial charge in [-0.15, -0.1) is 0 Å². The normalized spacial score (nSPS) is 13.8. The molecule has 0 aromatic heterocycles. The number of hydrogen-bond acceptors (Lipinski definition) is 2. The molecule has 0 heterocycles. The highest BCUT2D eigenvalue weighted by Crippen LogP contribution is 2.28. The zero-order valence-electron chi connectivity index (χ0n) is 10.0. The van der Waals surface area contributed by atoms with Crippen LogP contribution in [0.25, 0.3) is 0 Å². The molecule has 0 aromatic carbocycles. The summed E-state index contributed by atoms with van der Waals surface area (Å²) in [5.74, 6) is -0.468. The Morgan fingerprint density at radius 2 is 1.62 bits per heavy atom. The second-order valence-corrected chi connectivity index (χ2v) is 4.97. The van der Waals surface area contributed by atoms with E-state index in [2.05, 4.69) is 5.32 Å². The molecule has 96 valence electrons. The molecule has 3 N–H and O–H groups in total. The minimum atomic E-state index is -4.25. The predicted octanol–water partition coefficient (Wildman–Crippen LogP) is 1.82. The number of nitrogens with one attached hydrogen (secondary N) is 1. The molecule has 0 bridgehead atoms. The second-order valence-electron chi connectivity index (χ2n) is 4.97. The topological polar surface area (TPSA) is 55.1 Å². The first-order valence-electron chi connectivity index (χ1n) is 5.02. The lowest BCUT2D eigenvalue weighted by Gasteiger charge is -2.36. The lowest BCUT2D eigenvalue weighted by molar-refractivity contribution is -0.139. The van der Waals surface area contributed by atoms with E-state index in [1.165, 1.54) is 0 Å². The number of rotatable bonds is 4. The number of alkyl halides is 3. The minimum Gasteiger partial charge on any atom is -0.355 e. The molecular formula is C10H19F3N2O. The average Bonchev–Trinajstić information content (AvgIpc) is 1.99. The molecule has 0 saturated carbocycles. The lowest BCUT2D eigenvalue weighted by atomic mass is 9.74. The van der Waals surface area contributed by atoms with Crippen molar-refractivity contribution in [1.82, 2.24) is 5.32 Å². The van der Waals surface area contributed by atoms with Crippen LogP contribution in [-0.4, -0.2) is 24.2 Å². The van der Waals surface area contributed by atoms with Crippen molar-refractivity contribution in [3.05, 3.63) is 0 Å². The number of hydrogen-bond donors (Lipinski definition) is 2. The van der Waals surface area contributed by atoms with Crippen molar-refractivity contribution in [1.29, 1.82) is 0 Å². The molecule has 0 unspecified atom stereocenters. The molecule has 6 heteroatoms. The molecule has 0 fully saturated rings. The molecule has 16 heavy (non-hydrogen) atoms. The molecule has 0 spiro atoms. The van der Waals surface area contributed by atoms with Crippen molar-refractivity contribution in [2.24, 2.45) is 11.1 Å². The Morgan fingerprint density at radius 3 is 1.94 bits per heavy atom. The quantitative estimate of drug-likeness (QED) is 0.787. The maximum absolute atomic E-state index is 11.9. The van der Waals surface area contributed by atoms with Crippen LogP contribution in [0.2, 0.25) is 0 Å². The van der Waals surface area contributed by atoms with Crippen molar-refractivity contribution < 1.29 is 18.0 Å². The molecule has 0 radical (unpaired) electrons. The van der Waals surface area contributed by atoms with Crippen molar-refractivity contribution in [2.75, 3.05) is 6.54 Å². The summed E-state index contributed by atoms with van der Waals surface area (Å²) in [6.07, 6.45) is -5.28. The summed E-state index contributed by atoms with van der Waals surface area (Å²) in [5.41, 5.74) is 4.07. The van der Waals surface area contributed by atoms with Gasteiger partial charge in [-0.05, 0) is 27.7 Å². The van der Waals surface area contributed by atoms with Crippen molar-refractivity contribution in [3.63, 3.8) is 0 Å². The lowest BCUT2D eigenvalue weighted by Crippen LogP contribution is -2.55. The van der Waals surface area contributed by atoms with Crippen molar-refractivity contribution in [2.45, 2.75) is 45.8 Å². The van der Waals surface area contributed by atoms with Gasteiger partial charge in [-0.1, -0.05) is 0 Å². The number of carbonyl (C=O) groups excluding carboxylic acids is 1. The maximum Gasteiger partial charge on any atom is 0.390 e. The van der Waals surface area contributed by atoms with E-state index < -0.39 is 36.0 Å². The van der Waals surface area contributed by atoms with Crippen LogP contribution in [0.4, 0.5) is 13.2 Å². The van der Waals surface area contributed by atoms with Crippen LogP contribution in [0, 0.1) is 5.41 Å². The molecule has 0 aliphatic heterocycles. The zero-order valence-corrected chi connectivity index (χ0v) is 10.0.